The lowest BCUT2D eigenvalue weighted by Gasteiger charge is -2.34. The molecule has 0 aliphatic heterocycles. The highest BCUT2D eigenvalue weighted by atomic mass is 19.1. The van der Waals surface area contributed by atoms with Crippen LogP contribution in [-0.2, 0) is 6.42 Å². The largest absolute Gasteiger partial charge is 0.388 e. The zero-order valence-corrected chi connectivity index (χ0v) is 11.5. The van der Waals surface area contributed by atoms with E-state index in [9.17, 15) is 13.9 Å². The van der Waals surface area contributed by atoms with Crippen molar-refractivity contribution in [3.63, 3.8) is 0 Å². The monoisotopic (exact) mass is 277 g/mol. The van der Waals surface area contributed by atoms with E-state index in [0.717, 1.165) is 11.3 Å². The summed E-state index contributed by atoms with van der Waals surface area (Å²) < 4.78 is 29.4. The van der Waals surface area contributed by atoms with Crippen LogP contribution in [0.4, 0.5) is 8.78 Å². The Bertz CT molecular complexity index is 640. The van der Waals surface area contributed by atoms with Crippen LogP contribution in [0.3, 0.4) is 0 Å². The molecule has 0 spiro atoms. The Labute approximate surface area is 116 Å². The summed E-state index contributed by atoms with van der Waals surface area (Å²) in [6.45, 7) is 4.10. The molecular formula is C16H17F2NO. The molecular weight excluding hydrogens is 260 g/mol. The average Bonchev–Trinajstić information content (AvgIpc) is 2.71. The zero-order valence-electron chi connectivity index (χ0n) is 11.5. The van der Waals surface area contributed by atoms with Gasteiger partial charge in [0.15, 0.2) is 0 Å². The smallest absolute Gasteiger partial charge is 0.150 e. The molecule has 0 bridgehead atoms. The van der Waals surface area contributed by atoms with Crippen LogP contribution in [0.5, 0.6) is 0 Å². The molecule has 1 aromatic heterocycles. The van der Waals surface area contributed by atoms with Crippen LogP contribution < -0.4 is 0 Å². The third kappa shape index (κ3) is 2.04. The average molecular weight is 277 g/mol. The van der Waals surface area contributed by atoms with Crippen LogP contribution in [0, 0.1) is 17.0 Å². The van der Waals surface area contributed by atoms with Crippen molar-refractivity contribution >= 4 is 0 Å². The molecule has 4 heteroatoms. The third-order valence-corrected chi connectivity index (χ3v) is 3.96. The number of halogens is 2. The van der Waals surface area contributed by atoms with E-state index in [1.807, 2.05) is 13.8 Å². The molecule has 2 aromatic rings. The fourth-order valence-electron chi connectivity index (χ4n) is 3.06. The molecule has 1 unspecified atom stereocenters. The lowest BCUT2D eigenvalue weighted by atomic mass is 9.75. The fourth-order valence-corrected chi connectivity index (χ4v) is 3.06. The standard InChI is InChI=1S/C16H17F2NO/c1-16(2)8-13-10(14(20)9-16)6-7-19(13)15-11(17)4-3-5-12(15)18/h3-7,14,20H,8-9H2,1-2H3. The number of benzene rings is 1. The number of aliphatic hydroxyl groups excluding tert-OH is 1. The summed E-state index contributed by atoms with van der Waals surface area (Å²) >= 11 is 0. The molecule has 1 aliphatic rings. The maximum Gasteiger partial charge on any atom is 0.150 e. The van der Waals surface area contributed by atoms with Gasteiger partial charge < -0.3 is 9.67 Å². The van der Waals surface area contributed by atoms with Crippen LogP contribution in [0.15, 0.2) is 30.5 Å². The molecule has 1 aliphatic carbocycles. The summed E-state index contributed by atoms with van der Waals surface area (Å²) in [7, 11) is 0. The molecule has 20 heavy (non-hydrogen) atoms. The van der Waals surface area contributed by atoms with Gasteiger partial charge >= 0.3 is 0 Å². The third-order valence-electron chi connectivity index (χ3n) is 3.96. The lowest BCUT2D eigenvalue weighted by molar-refractivity contribution is 0.0986. The maximum atomic E-state index is 14.0. The predicted octanol–water partition coefficient (Wildman–Crippen LogP) is 3.76. The van der Waals surface area contributed by atoms with Crippen molar-refractivity contribution in [2.45, 2.75) is 32.8 Å². The van der Waals surface area contributed by atoms with E-state index in [2.05, 4.69) is 0 Å². The summed E-state index contributed by atoms with van der Waals surface area (Å²) in [6, 6.07) is 5.59. The van der Waals surface area contributed by atoms with Gasteiger partial charge in [0.1, 0.15) is 17.3 Å². The van der Waals surface area contributed by atoms with E-state index in [1.54, 1.807) is 12.3 Å². The number of aliphatic hydroxyl groups is 1. The first-order chi connectivity index (χ1) is 9.39. The van der Waals surface area contributed by atoms with Crippen LogP contribution >= 0.6 is 0 Å². The highest BCUT2D eigenvalue weighted by Gasteiger charge is 2.34. The van der Waals surface area contributed by atoms with Crippen molar-refractivity contribution in [1.29, 1.82) is 0 Å². The van der Waals surface area contributed by atoms with Gasteiger partial charge in [-0.15, -0.1) is 0 Å². The summed E-state index contributed by atoms with van der Waals surface area (Å²) in [6.07, 6.45) is 2.39. The Morgan fingerprint density at radius 2 is 1.85 bits per heavy atom. The Morgan fingerprint density at radius 3 is 2.50 bits per heavy atom. The molecule has 1 aromatic carbocycles. The summed E-state index contributed by atoms with van der Waals surface area (Å²) in [5.41, 5.74) is 1.40. The lowest BCUT2D eigenvalue weighted by Crippen LogP contribution is -2.26. The number of aromatic nitrogens is 1. The van der Waals surface area contributed by atoms with E-state index < -0.39 is 17.7 Å². The molecule has 0 amide bonds. The van der Waals surface area contributed by atoms with Gasteiger partial charge in [0, 0.05) is 17.5 Å². The summed E-state index contributed by atoms with van der Waals surface area (Å²) in [5, 5.41) is 10.2. The van der Waals surface area contributed by atoms with Gasteiger partial charge in [0.05, 0.1) is 6.10 Å². The van der Waals surface area contributed by atoms with E-state index in [4.69, 9.17) is 0 Å². The molecule has 1 N–H and O–H groups in total. The number of para-hydroxylation sites is 1. The quantitative estimate of drug-likeness (QED) is 0.843. The Morgan fingerprint density at radius 1 is 1.20 bits per heavy atom. The minimum Gasteiger partial charge on any atom is -0.388 e. The number of rotatable bonds is 1. The first-order valence-corrected chi connectivity index (χ1v) is 6.72. The topological polar surface area (TPSA) is 25.2 Å². The van der Waals surface area contributed by atoms with Crippen LogP contribution in [-0.4, -0.2) is 9.67 Å². The molecule has 0 saturated heterocycles. The van der Waals surface area contributed by atoms with Gasteiger partial charge in [0.2, 0.25) is 0 Å². The second-order valence-electron chi connectivity index (χ2n) is 6.22. The van der Waals surface area contributed by atoms with Gasteiger partial charge in [-0.05, 0) is 36.5 Å². The second-order valence-corrected chi connectivity index (χ2v) is 6.22. The van der Waals surface area contributed by atoms with Gasteiger partial charge in [-0.25, -0.2) is 8.78 Å². The first-order valence-electron chi connectivity index (χ1n) is 6.72. The van der Waals surface area contributed by atoms with Gasteiger partial charge in [-0.2, -0.15) is 0 Å². The molecule has 1 atom stereocenters. The van der Waals surface area contributed by atoms with Gasteiger partial charge in [-0.1, -0.05) is 19.9 Å². The Balaban J connectivity index is 2.19. The number of fused-ring (bicyclic) bond motifs is 1. The van der Waals surface area contributed by atoms with Crippen molar-refractivity contribution in [2.75, 3.05) is 0 Å². The highest BCUT2D eigenvalue weighted by Crippen LogP contribution is 2.42. The van der Waals surface area contributed by atoms with Crippen LogP contribution in [0.25, 0.3) is 5.69 Å². The van der Waals surface area contributed by atoms with E-state index in [-0.39, 0.29) is 11.1 Å². The van der Waals surface area contributed by atoms with Crippen molar-refractivity contribution in [3.8, 4) is 5.69 Å². The van der Waals surface area contributed by atoms with Crippen molar-refractivity contribution in [2.24, 2.45) is 5.41 Å². The van der Waals surface area contributed by atoms with Crippen molar-refractivity contribution in [3.05, 3.63) is 53.4 Å². The Kier molecular flexibility index (Phi) is 2.94. The van der Waals surface area contributed by atoms with Gasteiger partial charge in [0.25, 0.3) is 0 Å². The molecule has 106 valence electrons. The van der Waals surface area contributed by atoms with E-state index in [0.29, 0.717) is 12.8 Å². The number of nitrogens with zero attached hydrogens (tertiary/aromatic N) is 1. The predicted molar refractivity (Wildman–Crippen MR) is 72.7 cm³/mol. The van der Waals surface area contributed by atoms with Crippen molar-refractivity contribution < 1.29 is 13.9 Å². The minimum atomic E-state index is -0.596. The molecule has 0 fully saturated rings. The zero-order chi connectivity index (χ0) is 14.5. The summed E-state index contributed by atoms with van der Waals surface area (Å²) in [5.74, 6) is -1.19. The first kappa shape index (κ1) is 13.3. The van der Waals surface area contributed by atoms with Crippen LogP contribution in [0.1, 0.15) is 37.6 Å². The van der Waals surface area contributed by atoms with E-state index in [1.165, 1.54) is 22.8 Å². The summed E-state index contributed by atoms with van der Waals surface area (Å²) in [4.78, 5) is 0. The second kappa shape index (κ2) is 4.42. The fraction of sp³-hybridized carbons (Fsp3) is 0.375. The maximum absolute atomic E-state index is 14.0. The minimum absolute atomic E-state index is 0.0707. The van der Waals surface area contributed by atoms with E-state index >= 15 is 0 Å². The molecule has 2 nitrogen and oxygen atoms in total. The van der Waals surface area contributed by atoms with Crippen molar-refractivity contribution in [1.82, 2.24) is 4.57 Å². The molecule has 0 saturated carbocycles. The Hall–Kier alpha value is -1.68. The number of hydrogen-bond donors (Lipinski definition) is 1. The highest BCUT2D eigenvalue weighted by molar-refractivity contribution is 5.42. The molecule has 3 rings (SSSR count). The normalized spacial score (nSPS) is 20.8. The molecule has 1 heterocycles. The van der Waals surface area contributed by atoms with Gasteiger partial charge in [-0.3, -0.25) is 0 Å². The SMILES string of the molecule is CC1(C)Cc2c(ccn2-c2c(F)cccc2F)C(O)C1. The number of hydrogen-bond acceptors (Lipinski definition) is 1. The van der Waals surface area contributed by atoms with Crippen LogP contribution in [0.2, 0.25) is 0 Å². The molecule has 0 radical (unpaired) electrons.